The van der Waals surface area contributed by atoms with Gasteiger partial charge in [-0.1, -0.05) is 23.5 Å². The van der Waals surface area contributed by atoms with Crippen molar-refractivity contribution in [3.05, 3.63) is 53.6 Å². The number of anilines is 1. The molecule has 0 saturated carbocycles. The van der Waals surface area contributed by atoms with Gasteiger partial charge in [0.15, 0.2) is 5.13 Å². The van der Waals surface area contributed by atoms with E-state index >= 15 is 0 Å². The van der Waals surface area contributed by atoms with Crippen LogP contribution in [0, 0.1) is 0 Å². The van der Waals surface area contributed by atoms with E-state index < -0.39 is 6.36 Å². The van der Waals surface area contributed by atoms with Crippen molar-refractivity contribution in [2.75, 3.05) is 31.6 Å². The number of rotatable bonds is 5. The van der Waals surface area contributed by atoms with E-state index in [0.29, 0.717) is 34.1 Å². The minimum atomic E-state index is -4.76. The second-order valence-corrected chi connectivity index (χ2v) is 7.77. The molecule has 1 aliphatic heterocycles. The molecule has 10 heteroatoms. The summed E-state index contributed by atoms with van der Waals surface area (Å²) in [4.78, 5) is 19.2. The molecule has 158 valence electrons. The summed E-state index contributed by atoms with van der Waals surface area (Å²) < 4.78 is 46.9. The van der Waals surface area contributed by atoms with Gasteiger partial charge in [0.1, 0.15) is 5.75 Å². The van der Waals surface area contributed by atoms with Crippen LogP contribution in [0.2, 0.25) is 0 Å². The Bertz CT molecular complexity index is 1050. The third-order valence-electron chi connectivity index (χ3n) is 4.51. The molecule has 0 unspecified atom stereocenters. The Balaban J connectivity index is 1.45. The summed E-state index contributed by atoms with van der Waals surface area (Å²) in [6.45, 7) is 3.83. The van der Waals surface area contributed by atoms with Gasteiger partial charge < -0.3 is 9.47 Å². The minimum absolute atomic E-state index is 0.303. The SMILES string of the molecule is O=C(Nc1nc2ccc(OC(F)(F)F)cc2s1)c1cccc(CN2CCOCC2)c1. The first-order chi connectivity index (χ1) is 14.4. The fraction of sp³-hybridized carbons (Fsp3) is 0.300. The van der Waals surface area contributed by atoms with Crippen molar-refractivity contribution in [2.24, 2.45) is 0 Å². The number of alkyl halides is 3. The van der Waals surface area contributed by atoms with Crippen LogP contribution in [0.1, 0.15) is 15.9 Å². The van der Waals surface area contributed by atoms with Gasteiger partial charge in [-0.3, -0.25) is 15.0 Å². The standard InChI is InChI=1S/C20H18F3N3O3S/c21-20(22,23)29-15-4-5-16-17(11-15)30-19(24-16)25-18(27)14-3-1-2-13(10-14)12-26-6-8-28-9-7-26/h1-5,10-11H,6-9,12H2,(H,24,25,27). The van der Waals surface area contributed by atoms with Crippen LogP contribution >= 0.6 is 11.3 Å². The Kier molecular flexibility index (Phi) is 5.89. The van der Waals surface area contributed by atoms with Crippen molar-refractivity contribution >= 4 is 32.6 Å². The fourth-order valence-electron chi connectivity index (χ4n) is 3.15. The minimum Gasteiger partial charge on any atom is -0.406 e. The third kappa shape index (κ3) is 5.26. The molecule has 1 saturated heterocycles. The predicted octanol–water partition coefficient (Wildman–Crippen LogP) is 4.28. The van der Waals surface area contributed by atoms with Crippen molar-refractivity contribution in [3.63, 3.8) is 0 Å². The summed E-state index contributed by atoms with van der Waals surface area (Å²) in [5.74, 6) is -0.656. The summed E-state index contributed by atoms with van der Waals surface area (Å²) in [6.07, 6.45) is -4.76. The van der Waals surface area contributed by atoms with Gasteiger partial charge in [0.05, 0.1) is 23.4 Å². The maximum absolute atomic E-state index is 12.6. The van der Waals surface area contributed by atoms with Gasteiger partial charge in [0, 0.05) is 31.3 Å². The number of nitrogens with zero attached hydrogens (tertiary/aromatic N) is 2. The normalized spacial score (nSPS) is 15.3. The summed E-state index contributed by atoms with van der Waals surface area (Å²) in [5.41, 5.74) is 1.98. The van der Waals surface area contributed by atoms with Crippen molar-refractivity contribution in [1.82, 2.24) is 9.88 Å². The Morgan fingerprint density at radius 3 is 2.77 bits per heavy atom. The molecule has 2 aromatic carbocycles. The number of benzene rings is 2. The molecule has 30 heavy (non-hydrogen) atoms. The van der Waals surface area contributed by atoms with Crippen molar-refractivity contribution in [3.8, 4) is 5.75 Å². The number of carbonyl (C=O) groups excluding carboxylic acids is 1. The van der Waals surface area contributed by atoms with Crippen LogP contribution in [0.5, 0.6) is 5.75 Å². The number of fused-ring (bicyclic) bond motifs is 1. The van der Waals surface area contributed by atoms with Gasteiger partial charge in [0.2, 0.25) is 0 Å². The molecule has 6 nitrogen and oxygen atoms in total. The molecular weight excluding hydrogens is 419 g/mol. The molecule has 1 aromatic heterocycles. The highest BCUT2D eigenvalue weighted by molar-refractivity contribution is 7.22. The zero-order chi connectivity index (χ0) is 21.1. The number of carbonyl (C=O) groups is 1. The molecular formula is C20H18F3N3O3S. The molecule has 4 rings (SSSR count). The average Bonchev–Trinajstić information content (AvgIpc) is 3.09. The van der Waals surface area contributed by atoms with E-state index in [0.717, 1.165) is 36.5 Å². The fourth-order valence-corrected chi connectivity index (χ4v) is 4.04. The Hall–Kier alpha value is -2.69. The quantitative estimate of drug-likeness (QED) is 0.646. The zero-order valence-electron chi connectivity index (χ0n) is 15.7. The lowest BCUT2D eigenvalue weighted by Crippen LogP contribution is -2.35. The van der Waals surface area contributed by atoms with Gasteiger partial charge >= 0.3 is 6.36 Å². The Morgan fingerprint density at radius 1 is 1.20 bits per heavy atom. The van der Waals surface area contributed by atoms with E-state index in [1.807, 2.05) is 18.2 Å². The molecule has 0 atom stereocenters. The number of morpholine rings is 1. The van der Waals surface area contributed by atoms with E-state index in [1.54, 1.807) is 6.07 Å². The van der Waals surface area contributed by atoms with Crippen molar-refractivity contribution < 1.29 is 27.4 Å². The molecule has 2 heterocycles. The number of halogens is 3. The van der Waals surface area contributed by atoms with Crippen molar-refractivity contribution in [2.45, 2.75) is 12.9 Å². The summed E-state index contributed by atoms with van der Waals surface area (Å²) in [7, 11) is 0. The van der Waals surface area contributed by atoms with Crippen LogP contribution in [0.15, 0.2) is 42.5 Å². The lowest BCUT2D eigenvalue weighted by atomic mass is 10.1. The molecule has 3 aromatic rings. The highest BCUT2D eigenvalue weighted by Gasteiger charge is 2.31. The third-order valence-corrected chi connectivity index (χ3v) is 5.45. The van der Waals surface area contributed by atoms with Gasteiger partial charge in [-0.2, -0.15) is 0 Å². The maximum atomic E-state index is 12.6. The number of hydrogen-bond acceptors (Lipinski definition) is 6. The molecule has 0 aliphatic carbocycles. The smallest absolute Gasteiger partial charge is 0.406 e. The molecule has 0 radical (unpaired) electrons. The van der Waals surface area contributed by atoms with E-state index in [2.05, 4.69) is 19.9 Å². The van der Waals surface area contributed by atoms with E-state index in [4.69, 9.17) is 4.74 Å². The first-order valence-corrected chi connectivity index (χ1v) is 10.0. The number of nitrogens with one attached hydrogen (secondary N) is 1. The topological polar surface area (TPSA) is 63.7 Å². The van der Waals surface area contributed by atoms with Gasteiger partial charge in [-0.05, 0) is 29.8 Å². The highest BCUT2D eigenvalue weighted by Crippen LogP contribution is 2.31. The molecule has 1 aliphatic rings. The highest BCUT2D eigenvalue weighted by atomic mass is 32.1. The van der Waals surface area contributed by atoms with Gasteiger partial charge in [0.25, 0.3) is 5.91 Å². The van der Waals surface area contributed by atoms with E-state index in [-0.39, 0.29) is 11.7 Å². The molecule has 0 spiro atoms. The monoisotopic (exact) mass is 437 g/mol. The molecule has 0 bridgehead atoms. The number of hydrogen-bond donors (Lipinski definition) is 1. The van der Waals surface area contributed by atoms with Crippen LogP contribution < -0.4 is 10.1 Å². The Labute approximate surface area is 174 Å². The van der Waals surface area contributed by atoms with Crippen LogP contribution in [-0.2, 0) is 11.3 Å². The lowest BCUT2D eigenvalue weighted by molar-refractivity contribution is -0.274. The number of aromatic nitrogens is 1. The van der Waals surface area contributed by atoms with Crippen LogP contribution in [0.4, 0.5) is 18.3 Å². The van der Waals surface area contributed by atoms with E-state index in [9.17, 15) is 18.0 Å². The molecule has 1 fully saturated rings. The summed E-state index contributed by atoms with van der Waals surface area (Å²) in [6, 6.07) is 11.2. The van der Waals surface area contributed by atoms with Gasteiger partial charge in [-0.15, -0.1) is 13.2 Å². The number of amides is 1. The van der Waals surface area contributed by atoms with E-state index in [1.165, 1.54) is 18.2 Å². The first-order valence-electron chi connectivity index (χ1n) is 9.22. The number of ether oxygens (including phenoxy) is 2. The number of thiazole rings is 1. The largest absolute Gasteiger partial charge is 0.573 e. The first kappa shape index (κ1) is 20.6. The molecule has 1 amide bonds. The van der Waals surface area contributed by atoms with Crippen LogP contribution in [-0.4, -0.2) is 48.5 Å². The Morgan fingerprint density at radius 2 is 2.00 bits per heavy atom. The summed E-state index contributed by atoms with van der Waals surface area (Å²) >= 11 is 1.08. The predicted molar refractivity (Wildman–Crippen MR) is 107 cm³/mol. The average molecular weight is 437 g/mol. The molecule has 1 N–H and O–H groups in total. The lowest BCUT2D eigenvalue weighted by Gasteiger charge is -2.26. The van der Waals surface area contributed by atoms with Crippen molar-refractivity contribution in [1.29, 1.82) is 0 Å². The van der Waals surface area contributed by atoms with Gasteiger partial charge in [-0.25, -0.2) is 4.98 Å². The van der Waals surface area contributed by atoms with Crippen LogP contribution in [0.25, 0.3) is 10.2 Å². The summed E-state index contributed by atoms with van der Waals surface area (Å²) in [5, 5.41) is 3.02. The maximum Gasteiger partial charge on any atom is 0.573 e. The second-order valence-electron chi connectivity index (χ2n) is 6.74. The zero-order valence-corrected chi connectivity index (χ0v) is 16.6. The second kappa shape index (κ2) is 8.58. The van der Waals surface area contributed by atoms with Crippen LogP contribution in [0.3, 0.4) is 0 Å².